The van der Waals surface area contributed by atoms with Gasteiger partial charge in [-0.1, -0.05) is 18.2 Å². The quantitative estimate of drug-likeness (QED) is 0.570. The van der Waals surface area contributed by atoms with Gasteiger partial charge in [0.1, 0.15) is 17.7 Å². The Labute approximate surface area is 167 Å². The van der Waals surface area contributed by atoms with Gasteiger partial charge in [0.05, 0.1) is 25.1 Å². The monoisotopic (exact) mass is 393 g/mol. The van der Waals surface area contributed by atoms with Gasteiger partial charge in [0.25, 0.3) is 5.91 Å². The van der Waals surface area contributed by atoms with Crippen molar-refractivity contribution < 1.29 is 23.9 Å². The fourth-order valence-corrected chi connectivity index (χ4v) is 3.57. The number of hydrogen-bond donors (Lipinski definition) is 0. The van der Waals surface area contributed by atoms with E-state index in [0.29, 0.717) is 17.1 Å². The number of nitrogens with zero attached hydrogens (tertiary/aromatic N) is 3. The van der Waals surface area contributed by atoms with E-state index in [4.69, 9.17) is 9.47 Å². The topological polar surface area (TPSA) is 88.5 Å². The van der Waals surface area contributed by atoms with Crippen LogP contribution in [0, 0.1) is 5.92 Å². The van der Waals surface area contributed by atoms with Crippen molar-refractivity contribution in [3.8, 4) is 5.75 Å². The molecule has 0 aromatic heterocycles. The Bertz CT molecular complexity index is 987. The van der Waals surface area contributed by atoms with Gasteiger partial charge in [-0.2, -0.15) is 5.10 Å². The number of esters is 1. The van der Waals surface area contributed by atoms with E-state index < -0.39 is 29.7 Å². The van der Waals surface area contributed by atoms with Crippen LogP contribution in [0.3, 0.4) is 0 Å². The largest absolute Gasteiger partial charge is 0.497 e. The highest BCUT2D eigenvalue weighted by Gasteiger charge is 2.59. The Morgan fingerprint density at radius 2 is 1.69 bits per heavy atom. The number of benzene rings is 2. The highest BCUT2D eigenvalue weighted by Crippen LogP contribution is 2.38. The number of methoxy groups -OCH3 is 1. The van der Waals surface area contributed by atoms with E-state index in [1.807, 2.05) is 0 Å². The van der Waals surface area contributed by atoms with Gasteiger partial charge in [0, 0.05) is 0 Å². The summed E-state index contributed by atoms with van der Waals surface area (Å²) in [5, 5.41) is 5.73. The first-order chi connectivity index (χ1) is 14.1. The van der Waals surface area contributed by atoms with Crippen LogP contribution in [0.4, 0.5) is 11.4 Å². The zero-order valence-electron chi connectivity index (χ0n) is 15.9. The Hall–Kier alpha value is -3.68. The zero-order valence-corrected chi connectivity index (χ0v) is 15.9. The summed E-state index contributed by atoms with van der Waals surface area (Å²) in [6, 6.07) is 14.6. The second-order valence-corrected chi connectivity index (χ2v) is 6.52. The lowest BCUT2D eigenvalue weighted by Gasteiger charge is -2.22. The van der Waals surface area contributed by atoms with Crippen LogP contribution in [0.5, 0.6) is 5.75 Å². The van der Waals surface area contributed by atoms with Crippen LogP contribution in [0.25, 0.3) is 0 Å². The average Bonchev–Trinajstić information content (AvgIpc) is 3.26. The van der Waals surface area contributed by atoms with Crippen LogP contribution in [0.15, 0.2) is 59.7 Å². The van der Waals surface area contributed by atoms with E-state index in [2.05, 4.69) is 5.10 Å². The molecule has 0 spiro atoms. The van der Waals surface area contributed by atoms with Gasteiger partial charge in [-0.15, -0.1) is 0 Å². The molecule has 148 valence electrons. The molecule has 0 aliphatic carbocycles. The van der Waals surface area contributed by atoms with Crippen molar-refractivity contribution in [2.45, 2.75) is 13.0 Å². The van der Waals surface area contributed by atoms with E-state index in [1.165, 1.54) is 5.01 Å². The summed E-state index contributed by atoms with van der Waals surface area (Å²) < 4.78 is 10.2. The van der Waals surface area contributed by atoms with Crippen molar-refractivity contribution in [2.75, 3.05) is 23.6 Å². The standard InChI is InChI=1S/C21H19N3O5/c1-3-29-21(27)17-16-18(24(22-17)14-9-11-15(28-2)12-10-14)20(26)23(19(16)25)13-7-5-4-6-8-13/h4-12,16,18H,3H2,1-2H3/t16-,18-/m1/s1. The van der Waals surface area contributed by atoms with Crippen LogP contribution in [-0.4, -0.2) is 43.3 Å². The average molecular weight is 393 g/mol. The van der Waals surface area contributed by atoms with E-state index in [0.717, 1.165) is 4.90 Å². The van der Waals surface area contributed by atoms with Gasteiger partial charge in [-0.05, 0) is 43.3 Å². The predicted molar refractivity (Wildman–Crippen MR) is 106 cm³/mol. The molecule has 0 unspecified atom stereocenters. The number of rotatable bonds is 5. The van der Waals surface area contributed by atoms with Crippen LogP contribution in [-0.2, 0) is 19.1 Å². The Balaban J connectivity index is 1.77. The number of hydrazone groups is 1. The van der Waals surface area contributed by atoms with Gasteiger partial charge in [0.15, 0.2) is 5.71 Å². The molecule has 2 aliphatic rings. The third-order valence-corrected chi connectivity index (χ3v) is 4.89. The number of ether oxygens (including phenoxy) is 2. The Morgan fingerprint density at radius 1 is 1.00 bits per heavy atom. The fraction of sp³-hybridized carbons (Fsp3) is 0.238. The van der Waals surface area contributed by atoms with Gasteiger partial charge in [0.2, 0.25) is 5.91 Å². The van der Waals surface area contributed by atoms with Crippen molar-refractivity contribution in [1.29, 1.82) is 0 Å². The summed E-state index contributed by atoms with van der Waals surface area (Å²) in [5.41, 5.74) is 0.954. The molecule has 2 heterocycles. The lowest BCUT2D eigenvalue weighted by atomic mass is 9.98. The van der Waals surface area contributed by atoms with Gasteiger partial charge in [-0.25, -0.2) is 9.69 Å². The van der Waals surface area contributed by atoms with E-state index in [1.54, 1.807) is 68.6 Å². The first-order valence-electron chi connectivity index (χ1n) is 9.18. The lowest BCUT2D eigenvalue weighted by Crippen LogP contribution is -2.39. The molecule has 2 aliphatic heterocycles. The minimum atomic E-state index is -1.02. The number of hydrogen-bond acceptors (Lipinski definition) is 7. The number of para-hydroxylation sites is 1. The maximum absolute atomic E-state index is 13.2. The Kier molecular flexibility index (Phi) is 4.75. The van der Waals surface area contributed by atoms with E-state index in [-0.39, 0.29) is 12.3 Å². The minimum absolute atomic E-state index is 0.0653. The summed E-state index contributed by atoms with van der Waals surface area (Å²) in [4.78, 5) is 40.0. The van der Waals surface area contributed by atoms with E-state index in [9.17, 15) is 14.4 Å². The molecular formula is C21H19N3O5. The van der Waals surface area contributed by atoms with Crippen LogP contribution in [0.2, 0.25) is 0 Å². The highest BCUT2D eigenvalue weighted by molar-refractivity contribution is 6.47. The second-order valence-electron chi connectivity index (χ2n) is 6.52. The zero-order chi connectivity index (χ0) is 20.5. The fourth-order valence-electron chi connectivity index (χ4n) is 3.57. The maximum atomic E-state index is 13.2. The molecule has 0 N–H and O–H groups in total. The third kappa shape index (κ3) is 3.02. The SMILES string of the molecule is CCOC(=O)C1=NN(c2ccc(OC)cc2)[C@H]2C(=O)N(c3ccccc3)C(=O)[C@H]12. The normalized spacial score (nSPS) is 20.6. The summed E-state index contributed by atoms with van der Waals surface area (Å²) in [6.07, 6.45) is 0. The number of imide groups is 1. The van der Waals surface area contributed by atoms with Crippen LogP contribution >= 0.6 is 0 Å². The molecule has 4 rings (SSSR count). The smallest absolute Gasteiger partial charge is 0.355 e. The van der Waals surface area contributed by atoms with Crippen molar-refractivity contribution in [3.63, 3.8) is 0 Å². The summed E-state index contributed by atoms with van der Waals surface area (Å²) in [7, 11) is 1.55. The first-order valence-corrected chi connectivity index (χ1v) is 9.18. The lowest BCUT2D eigenvalue weighted by molar-refractivity contribution is -0.136. The van der Waals surface area contributed by atoms with Crippen LogP contribution in [0.1, 0.15) is 6.92 Å². The third-order valence-electron chi connectivity index (χ3n) is 4.89. The summed E-state index contributed by atoms with van der Waals surface area (Å²) in [5.74, 6) is -2.02. The molecular weight excluding hydrogens is 374 g/mol. The number of carbonyl (C=O) groups excluding carboxylic acids is 3. The van der Waals surface area contributed by atoms with Gasteiger partial charge >= 0.3 is 5.97 Å². The molecule has 8 heteroatoms. The summed E-state index contributed by atoms with van der Waals surface area (Å²) >= 11 is 0. The van der Waals surface area contributed by atoms with Crippen molar-refractivity contribution in [3.05, 3.63) is 54.6 Å². The van der Waals surface area contributed by atoms with Crippen LogP contribution < -0.4 is 14.6 Å². The van der Waals surface area contributed by atoms with Crippen molar-refractivity contribution >= 4 is 34.9 Å². The Morgan fingerprint density at radius 3 is 2.31 bits per heavy atom. The molecule has 2 amide bonds. The van der Waals surface area contributed by atoms with Gasteiger partial charge < -0.3 is 9.47 Å². The van der Waals surface area contributed by atoms with E-state index >= 15 is 0 Å². The molecule has 0 bridgehead atoms. The molecule has 1 fully saturated rings. The molecule has 0 saturated carbocycles. The van der Waals surface area contributed by atoms with Crippen molar-refractivity contribution in [1.82, 2.24) is 0 Å². The molecule has 29 heavy (non-hydrogen) atoms. The first kappa shape index (κ1) is 18.7. The number of fused-ring (bicyclic) bond motifs is 1. The number of amides is 2. The van der Waals surface area contributed by atoms with Crippen molar-refractivity contribution in [2.24, 2.45) is 11.0 Å². The summed E-state index contributed by atoms with van der Waals surface area (Å²) in [6.45, 7) is 1.81. The predicted octanol–water partition coefficient (Wildman–Crippen LogP) is 1.99. The van der Waals surface area contributed by atoms with Gasteiger partial charge in [-0.3, -0.25) is 14.6 Å². The second kappa shape index (κ2) is 7.38. The molecule has 2 atom stereocenters. The minimum Gasteiger partial charge on any atom is -0.497 e. The number of anilines is 2. The maximum Gasteiger partial charge on any atom is 0.355 e. The number of carbonyl (C=O) groups is 3. The molecule has 8 nitrogen and oxygen atoms in total. The molecule has 2 aromatic carbocycles. The molecule has 2 aromatic rings. The highest BCUT2D eigenvalue weighted by atomic mass is 16.5. The molecule has 1 saturated heterocycles. The molecule has 0 radical (unpaired) electrons.